The molecule has 0 amide bonds. The minimum atomic E-state index is 0.534. The van der Waals surface area contributed by atoms with E-state index in [2.05, 4.69) is 37.3 Å². The molecule has 2 aromatic carbocycles. The Hall–Kier alpha value is -2.69. The van der Waals surface area contributed by atoms with Crippen LogP contribution in [0, 0.1) is 6.92 Å². The average Bonchev–Trinajstić information content (AvgIpc) is 2.73. The van der Waals surface area contributed by atoms with Crippen LogP contribution in [0.25, 0.3) is 17.0 Å². The number of para-hydroxylation sites is 1. The minimum absolute atomic E-state index is 0.534. The molecule has 0 radical (unpaired) electrons. The van der Waals surface area contributed by atoms with E-state index in [0.29, 0.717) is 26.4 Å². The fourth-order valence-electron chi connectivity index (χ4n) is 2.96. The summed E-state index contributed by atoms with van der Waals surface area (Å²) in [5.41, 5.74) is 4.06. The molecule has 0 aliphatic carbocycles. The number of benzene rings is 2. The molecular formula is C24H27NO3. The minimum Gasteiger partial charge on any atom is -0.488 e. The molecule has 3 aromatic rings. The van der Waals surface area contributed by atoms with Gasteiger partial charge in [0.05, 0.1) is 31.0 Å². The first-order valence-corrected chi connectivity index (χ1v) is 9.59. The summed E-state index contributed by atoms with van der Waals surface area (Å²) >= 11 is 0. The number of fused-ring (bicyclic) bond motifs is 1. The van der Waals surface area contributed by atoms with Crippen molar-refractivity contribution in [3.63, 3.8) is 0 Å². The molecule has 0 saturated carbocycles. The van der Waals surface area contributed by atoms with E-state index in [0.717, 1.165) is 39.9 Å². The maximum Gasteiger partial charge on any atom is 0.134 e. The van der Waals surface area contributed by atoms with Gasteiger partial charge < -0.3 is 14.2 Å². The van der Waals surface area contributed by atoms with Crippen molar-refractivity contribution in [2.24, 2.45) is 0 Å². The Morgan fingerprint density at radius 3 is 2.54 bits per heavy atom. The lowest BCUT2D eigenvalue weighted by Crippen LogP contribution is -2.02. The molecular weight excluding hydrogens is 350 g/mol. The zero-order valence-electron chi connectivity index (χ0n) is 16.6. The lowest BCUT2D eigenvalue weighted by atomic mass is 10.1. The monoisotopic (exact) mass is 377 g/mol. The van der Waals surface area contributed by atoms with Gasteiger partial charge in [0.2, 0.25) is 0 Å². The van der Waals surface area contributed by atoms with Gasteiger partial charge in [0.25, 0.3) is 0 Å². The highest BCUT2D eigenvalue weighted by Gasteiger charge is 2.11. The van der Waals surface area contributed by atoms with E-state index in [1.54, 1.807) is 7.11 Å². The summed E-state index contributed by atoms with van der Waals surface area (Å²) in [6, 6.07) is 18.3. The second kappa shape index (κ2) is 10.6. The molecule has 0 aliphatic heterocycles. The van der Waals surface area contributed by atoms with Crippen LogP contribution in [0.1, 0.15) is 23.2 Å². The first-order valence-electron chi connectivity index (χ1n) is 9.59. The third-order valence-electron chi connectivity index (χ3n) is 4.48. The van der Waals surface area contributed by atoms with Crippen LogP contribution in [0.3, 0.4) is 0 Å². The molecule has 0 spiro atoms. The van der Waals surface area contributed by atoms with Crippen molar-refractivity contribution >= 4 is 17.0 Å². The van der Waals surface area contributed by atoms with Crippen LogP contribution in [0.4, 0.5) is 0 Å². The fourth-order valence-corrected chi connectivity index (χ4v) is 2.96. The molecule has 4 heteroatoms. The second-order valence-electron chi connectivity index (χ2n) is 6.54. The number of nitrogens with zero attached hydrogens (tertiary/aromatic N) is 1. The lowest BCUT2D eigenvalue weighted by molar-refractivity contribution is 0.0731. The predicted molar refractivity (Wildman–Crippen MR) is 114 cm³/mol. The summed E-state index contributed by atoms with van der Waals surface area (Å²) in [5.74, 6) is 0.894. The SMILES string of the molecule is COCCOCCC=Cc1nc2ccccc2c(OCc2ccccc2)c1C. The number of aromatic nitrogens is 1. The van der Waals surface area contributed by atoms with Gasteiger partial charge in [0, 0.05) is 18.1 Å². The molecule has 0 saturated heterocycles. The zero-order chi connectivity index (χ0) is 19.6. The van der Waals surface area contributed by atoms with Gasteiger partial charge in [-0.05, 0) is 37.1 Å². The first-order chi connectivity index (χ1) is 13.8. The molecule has 146 valence electrons. The number of pyridine rings is 1. The number of hydrogen-bond acceptors (Lipinski definition) is 4. The first kappa shape index (κ1) is 20.1. The van der Waals surface area contributed by atoms with Crippen LogP contribution in [0.2, 0.25) is 0 Å². The van der Waals surface area contributed by atoms with Crippen LogP contribution in [-0.4, -0.2) is 31.9 Å². The summed E-state index contributed by atoms with van der Waals surface area (Å²) in [7, 11) is 1.68. The Morgan fingerprint density at radius 1 is 0.929 bits per heavy atom. The third kappa shape index (κ3) is 5.41. The van der Waals surface area contributed by atoms with E-state index in [9.17, 15) is 0 Å². The Labute approximate surface area is 166 Å². The van der Waals surface area contributed by atoms with Crippen LogP contribution in [0.5, 0.6) is 5.75 Å². The predicted octanol–water partition coefficient (Wildman–Crippen LogP) is 5.19. The van der Waals surface area contributed by atoms with E-state index in [-0.39, 0.29) is 0 Å². The van der Waals surface area contributed by atoms with E-state index in [1.165, 1.54) is 0 Å². The number of ether oxygens (including phenoxy) is 3. The molecule has 0 unspecified atom stereocenters. The molecule has 4 nitrogen and oxygen atoms in total. The van der Waals surface area contributed by atoms with E-state index >= 15 is 0 Å². The zero-order valence-corrected chi connectivity index (χ0v) is 16.6. The highest BCUT2D eigenvalue weighted by Crippen LogP contribution is 2.31. The van der Waals surface area contributed by atoms with Crippen molar-refractivity contribution in [1.29, 1.82) is 0 Å². The van der Waals surface area contributed by atoms with Gasteiger partial charge in [-0.25, -0.2) is 4.98 Å². The van der Waals surface area contributed by atoms with Gasteiger partial charge >= 0.3 is 0 Å². The molecule has 28 heavy (non-hydrogen) atoms. The number of hydrogen-bond donors (Lipinski definition) is 0. The highest BCUT2D eigenvalue weighted by molar-refractivity contribution is 5.88. The van der Waals surface area contributed by atoms with Gasteiger partial charge in [-0.2, -0.15) is 0 Å². The van der Waals surface area contributed by atoms with Crippen LogP contribution < -0.4 is 4.74 Å². The van der Waals surface area contributed by atoms with E-state index in [4.69, 9.17) is 19.2 Å². The smallest absolute Gasteiger partial charge is 0.134 e. The maximum atomic E-state index is 6.24. The van der Waals surface area contributed by atoms with Gasteiger partial charge in [-0.15, -0.1) is 0 Å². The lowest BCUT2D eigenvalue weighted by Gasteiger charge is -2.14. The van der Waals surface area contributed by atoms with Crippen molar-refractivity contribution < 1.29 is 14.2 Å². The molecule has 0 aliphatic rings. The van der Waals surface area contributed by atoms with E-state index < -0.39 is 0 Å². The highest BCUT2D eigenvalue weighted by atomic mass is 16.5. The Balaban J connectivity index is 1.76. The molecule has 0 atom stereocenters. The number of methoxy groups -OCH3 is 1. The average molecular weight is 377 g/mol. The normalized spacial score (nSPS) is 11.4. The summed E-state index contributed by atoms with van der Waals surface area (Å²) in [6.45, 7) is 4.51. The summed E-state index contributed by atoms with van der Waals surface area (Å²) in [4.78, 5) is 4.81. The molecule has 1 aromatic heterocycles. The molecule has 0 bridgehead atoms. The standard InChI is InChI=1S/C24H27NO3/c1-19-22(13-8-9-15-27-17-16-26-2)25-23-14-7-6-12-21(23)24(19)28-18-20-10-4-3-5-11-20/h3-8,10-14H,9,15-18H2,1-2H3. The van der Waals surface area contributed by atoms with Gasteiger partial charge in [0.15, 0.2) is 0 Å². The molecule has 1 heterocycles. The van der Waals surface area contributed by atoms with E-state index in [1.807, 2.05) is 36.4 Å². The van der Waals surface area contributed by atoms with Crippen LogP contribution in [0.15, 0.2) is 60.7 Å². The maximum absolute atomic E-state index is 6.24. The fraction of sp³-hybridized carbons (Fsp3) is 0.292. The Bertz CT molecular complexity index is 906. The summed E-state index contributed by atoms with van der Waals surface area (Å²) in [5, 5.41) is 1.04. The molecule has 3 rings (SSSR count). The topological polar surface area (TPSA) is 40.6 Å². The van der Waals surface area contributed by atoms with Crippen molar-refractivity contribution in [1.82, 2.24) is 4.98 Å². The van der Waals surface area contributed by atoms with Crippen molar-refractivity contribution in [2.75, 3.05) is 26.9 Å². The molecule has 0 fully saturated rings. The Kier molecular flexibility index (Phi) is 7.59. The van der Waals surface area contributed by atoms with Crippen molar-refractivity contribution in [3.05, 3.63) is 77.5 Å². The number of rotatable bonds is 10. The van der Waals surface area contributed by atoms with Crippen LogP contribution >= 0.6 is 0 Å². The van der Waals surface area contributed by atoms with Gasteiger partial charge in [-0.3, -0.25) is 0 Å². The Morgan fingerprint density at radius 2 is 1.71 bits per heavy atom. The van der Waals surface area contributed by atoms with Gasteiger partial charge in [-0.1, -0.05) is 48.5 Å². The van der Waals surface area contributed by atoms with Crippen LogP contribution in [-0.2, 0) is 16.1 Å². The van der Waals surface area contributed by atoms with Crippen molar-refractivity contribution in [2.45, 2.75) is 20.0 Å². The summed E-state index contributed by atoms with van der Waals surface area (Å²) in [6.07, 6.45) is 4.98. The quantitative estimate of drug-likeness (QED) is 0.456. The summed E-state index contributed by atoms with van der Waals surface area (Å²) < 4.78 is 16.7. The third-order valence-corrected chi connectivity index (χ3v) is 4.48. The van der Waals surface area contributed by atoms with Crippen molar-refractivity contribution in [3.8, 4) is 5.75 Å². The molecule has 0 N–H and O–H groups in total. The van der Waals surface area contributed by atoms with Gasteiger partial charge in [0.1, 0.15) is 12.4 Å². The largest absolute Gasteiger partial charge is 0.488 e. The second-order valence-corrected chi connectivity index (χ2v) is 6.54.